The molecule has 4 heteroatoms. The zero-order chi connectivity index (χ0) is 14.8. The van der Waals surface area contributed by atoms with E-state index in [1.54, 1.807) is 7.11 Å². The number of benzene rings is 2. The molecule has 106 valence electrons. The van der Waals surface area contributed by atoms with Gasteiger partial charge in [0.25, 0.3) is 0 Å². The van der Waals surface area contributed by atoms with Crippen LogP contribution in [0, 0.1) is 0 Å². The third kappa shape index (κ3) is 2.91. The molecule has 2 aromatic carbocycles. The van der Waals surface area contributed by atoms with Gasteiger partial charge >= 0.3 is 5.97 Å². The normalized spacial score (nSPS) is 13.8. The molecule has 2 aromatic rings. The number of carbonyl (C=O) groups is 1. The smallest absolute Gasteiger partial charge is 0.307 e. The van der Waals surface area contributed by atoms with Crippen LogP contribution in [0.4, 0.5) is 0 Å². The average molecular weight is 273 g/mol. The van der Waals surface area contributed by atoms with E-state index in [0.29, 0.717) is 0 Å². The van der Waals surface area contributed by atoms with Gasteiger partial charge in [-0.3, -0.25) is 4.79 Å². The van der Waals surface area contributed by atoms with Crippen molar-refractivity contribution in [3.05, 3.63) is 42.0 Å². The third-order valence-electron chi connectivity index (χ3n) is 3.45. The van der Waals surface area contributed by atoms with Crippen LogP contribution in [0.25, 0.3) is 10.8 Å². The van der Waals surface area contributed by atoms with E-state index >= 15 is 0 Å². The summed E-state index contributed by atoms with van der Waals surface area (Å²) in [6.07, 6.45) is 0.144. The van der Waals surface area contributed by atoms with Crippen molar-refractivity contribution >= 4 is 16.7 Å². The molecular formula is C16H19NO3. The molecule has 4 nitrogen and oxygen atoms in total. The number of hydrogen-bond donors (Lipinski definition) is 1. The Balaban J connectivity index is 2.38. The Morgan fingerprint density at radius 3 is 2.45 bits per heavy atom. The first-order valence-electron chi connectivity index (χ1n) is 6.40. The van der Waals surface area contributed by atoms with Crippen LogP contribution in [-0.4, -0.2) is 20.2 Å². The number of hydrogen-bond acceptors (Lipinski definition) is 4. The first-order valence-corrected chi connectivity index (χ1v) is 6.40. The largest absolute Gasteiger partial charge is 0.497 e. The second-order valence-corrected chi connectivity index (χ2v) is 5.10. The summed E-state index contributed by atoms with van der Waals surface area (Å²) in [5, 5.41) is 2.13. The minimum absolute atomic E-state index is 0.144. The quantitative estimate of drug-likeness (QED) is 0.870. The molecule has 0 aromatic heterocycles. The van der Waals surface area contributed by atoms with Crippen molar-refractivity contribution in [3.8, 4) is 5.75 Å². The summed E-state index contributed by atoms with van der Waals surface area (Å²) in [6.45, 7) is 1.83. The minimum atomic E-state index is -0.749. The van der Waals surface area contributed by atoms with Crippen LogP contribution in [0.2, 0.25) is 0 Å². The highest BCUT2D eigenvalue weighted by Gasteiger charge is 2.25. The summed E-state index contributed by atoms with van der Waals surface area (Å²) in [5.74, 6) is 0.500. The van der Waals surface area contributed by atoms with Gasteiger partial charge < -0.3 is 15.2 Å². The summed E-state index contributed by atoms with van der Waals surface area (Å²) in [6, 6.07) is 11.8. The Labute approximate surface area is 118 Å². The number of carbonyl (C=O) groups excluding carboxylic acids is 1. The van der Waals surface area contributed by atoms with Crippen molar-refractivity contribution in [2.45, 2.75) is 18.9 Å². The molecule has 0 aliphatic carbocycles. The average Bonchev–Trinajstić information content (AvgIpc) is 2.45. The number of ether oxygens (including phenoxy) is 2. The lowest BCUT2D eigenvalue weighted by atomic mass is 9.88. The number of esters is 1. The fourth-order valence-electron chi connectivity index (χ4n) is 2.18. The Bertz CT molecular complexity index is 635. The van der Waals surface area contributed by atoms with Gasteiger partial charge in [0.2, 0.25) is 0 Å². The molecule has 0 amide bonds. The molecule has 0 radical (unpaired) electrons. The highest BCUT2D eigenvalue weighted by Crippen LogP contribution is 2.28. The van der Waals surface area contributed by atoms with Gasteiger partial charge in [-0.05, 0) is 41.5 Å². The highest BCUT2D eigenvalue weighted by molar-refractivity contribution is 5.85. The summed E-state index contributed by atoms with van der Waals surface area (Å²) in [4.78, 5) is 11.4. The maximum atomic E-state index is 11.4. The third-order valence-corrected chi connectivity index (χ3v) is 3.45. The lowest BCUT2D eigenvalue weighted by molar-refractivity contribution is -0.141. The van der Waals surface area contributed by atoms with E-state index in [9.17, 15) is 4.79 Å². The van der Waals surface area contributed by atoms with E-state index in [0.717, 1.165) is 22.1 Å². The van der Waals surface area contributed by atoms with Gasteiger partial charge in [0.05, 0.1) is 20.6 Å². The molecule has 1 atom stereocenters. The zero-order valence-corrected chi connectivity index (χ0v) is 12.0. The van der Waals surface area contributed by atoms with E-state index < -0.39 is 5.54 Å². The summed E-state index contributed by atoms with van der Waals surface area (Å²) < 4.78 is 9.89. The van der Waals surface area contributed by atoms with E-state index in [1.807, 2.05) is 43.3 Å². The van der Waals surface area contributed by atoms with Crippen LogP contribution in [0.3, 0.4) is 0 Å². The first kappa shape index (κ1) is 14.3. The molecule has 1 unspecified atom stereocenters. The summed E-state index contributed by atoms with van der Waals surface area (Å²) in [7, 11) is 3.01. The van der Waals surface area contributed by atoms with Crippen molar-refractivity contribution in [1.82, 2.24) is 0 Å². The van der Waals surface area contributed by atoms with Crippen LogP contribution in [0.15, 0.2) is 36.4 Å². The van der Waals surface area contributed by atoms with Crippen LogP contribution < -0.4 is 10.5 Å². The minimum Gasteiger partial charge on any atom is -0.497 e. The Morgan fingerprint density at radius 2 is 1.80 bits per heavy atom. The van der Waals surface area contributed by atoms with Gasteiger partial charge in [0.15, 0.2) is 0 Å². The molecule has 0 aliphatic rings. The summed E-state index contributed by atoms with van der Waals surface area (Å²) in [5.41, 5.74) is 6.39. The second-order valence-electron chi connectivity index (χ2n) is 5.10. The van der Waals surface area contributed by atoms with Crippen LogP contribution in [0.5, 0.6) is 5.75 Å². The molecule has 0 saturated heterocycles. The molecule has 0 spiro atoms. The Hall–Kier alpha value is -2.07. The Morgan fingerprint density at radius 1 is 1.15 bits per heavy atom. The highest BCUT2D eigenvalue weighted by atomic mass is 16.5. The van der Waals surface area contributed by atoms with E-state index in [4.69, 9.17) is 10.5 Å². The molecule has 0 heterocycles. The van der Waals surface area contributed by atoms with Crippen molar-refractivity contribution in [3.63, 3.8) is 0 Å². The second kappa shape index (κ2) is 5.51. The van der Waals surface area contributed by atoms with Gasteiger partial charge in [-0.15, -0.1) is 0 Å². The lowest BCUT2D eigenvalue weighted by Gasteiger charge is -2.24. The standard InChI is InChI=1S/C16H19NO3/c1-16(17,10-15(18)20-3)13-6-4-12-9-14(19-2)7-5-11(12)8-13/h4-9H,10,17H2,1-3H3. The molecule has 2 rings (SSSR count). The van der Waals surface area contributed by atoms with Gasteiger partial charge in [-0.1, -0.05) is 18.2 Å². The molecule has 0 fully saturated rings. The Kier molecular flexibility index (Phi) is 3.95. The van der Waals surface area contributed by atoms with E-state index in [-0.39, 0.29) is 12.4 Å². The lowest BCUT2D eigenvalue weighted by Crippen LogP contribution is -2.35. The van der Waals surface area contributed by atoms with E-state index in [2.05, 4.69) is 4.74 Å². The maximum absolute atomic E-state index is 11.4. The number of methoxy groups -OCH3 is 2. The number of fused-ring (bicyclic) bond motifs is 1. The van der Waals surface area contributed by atoms with Crippen LogP contribution in [0.1, 0.15) is 18.9 Å². The summed E-state index contributed by atoms with van der Waals surface area (Å²) >= 11 is 0. The molecule has 0 saturated carbocycles. The molecular weight excluding hydrogens is 254 g/mol. The fraction of sp³-hybridized carbons (Fsp3) is 0.312. The molecule has 2 N–H and O–H groups in total. The first-order chi connectivity index (χ1) is 9.46. The van der Waals surface area contributed by atoms with Crippen LogP contribution in [-0.2, 0) is 15.1 Å². The van der Waals surface area contributed by atoms with Gasteiger partial charge in [0, 0.05) is 5.54 Å². The van der Waals surface area contributed by atoms with Crippen molar-refractivity contribution in [1.29, 1.82) is 0 Å². The number of nitrogens with two attached hydrogens (primary N) is 1. The van der Waals surface area contributed by atoms with Crippen LogP contribution >= 0.6 is 0 Å². The van der Waals surface area contributed by atoms with Gasteiger partial charge in [0.1, 0.15) is 5.75 Å². The maximum Gasteiger partial charge on any atom is 0.307 e. The molecule has 0 aliphatic heterocycles. The fourth-order valence-corrected chi connectivity index (χ4v) is 2.18. The zero-order valence-electron chi connectivity index (χ0n) is 12.0. The predicted octanol–water partition coefficient (Wildman–Crippen LogP) is 2.59. The van der Waals surface area contributed by atoms with Gasteiger partial charge in [-0.25, -0.2) is 0 Å². The van der Waals surface area contributed by atoms with Crippen molar-refractivity contribution in [2.24, 2.45) is 5.73 Å². The SMILES string of the molecule is COC(=O)CC(C)(N)c1ccc2cc(OC)ccc2c1. The molecule has 20 heavy (non-hydrogen) atoms. The van der Waals surface area contributed by atoms with Gasteiger partial charge in [-0.2, -0.15) is 0 Å². The molecule has 0 bridgehead atoms. The van der Waals surface area contributed by atoms with Crippen molar-refractivity contribution < 1.29 is 14.3 Å². The monoisotopic (exact) mass is 273 g/mol. The predicted molar refractivity (Wildman–Crippen MR) is 78.7 cm³/mol. The van der Waals surface area contributed by atoms with Crippen molar-refractivity contribution in [2.75, 3.05) is 14.2 Å². The number of rotatable bonds is 4. The topological polar surface area (TPSA) is 61.5 Å². The van der Waals surface area contributed by atoms with E-state index in [1.165, 1.54) is 7.11 Å².